The first-order valence-corrected chi connectivity index (χ1v) is 12.0. The average Bonchev–Trinajstić information content (AvgIpc) is 3.41. The third kappa shape index (κ3) is 5.06. The Morgan fingerprint density at radius 3 is 2.52 bits per heavy atom. The normalized spacial score (nSPS) is 10.9. The van der Waals surface area contributed by atoms with Crippen molar-refractivity contribution in [3.63, 3.8) is 0 Å². The summed E-state index contributed by atoms with van der Waals surface area (Å²) < 4.78 is 7.62. The Kier molecular flexibility index (Phi) is 6.84. The first kappa shape index (κ1) is 21.3. The molecule has 2 aromatic carbocycles. The molecule has 0 unspecified atom stereocenters. The fraction of sp³-hybridized carbons (Fsp3) is 0.208. The quantitative estimate of drug-likeness (QED) is 0.224. The number of allylic oxidation sites excluding steroid dienone is 1. The van der Waals surface area contributed by atoms with Crippen LogP contribution in [0.5, 0.6) is 5.75 Å². The summed E-state index contributed by atoms with van der Waals surface area (Å²) in [6.45, 7) is 9.25. The topological polar surface area (TPSA) is 52.8 Å². The van der Waals surface area contributed by atoms with Gasteiger partial charge in [-0.2, -0.15) is 0 Å². The van der Waals surface area contributed by atoms with Crippen molar-refractivity contribution in [3.05, 3.63) is 77.8 Å². The summed E-state index contributed by atoms with van der Waals surface area (Å²) in [7, 11) is 0. The van der Waals surface area contributed by atoms with Crippen LogP contribution in [-0.4, -0.2) is 26.4 Å². The first-order valence-electron chi connectivity index (χ1n) is 10.1. The number of ether oxygens (including phenoxy) is 1. The van der Waals surface area contributed by atoms with Crippen LogP contribution in [0, 0.1) is 6.92 Å². The number of nitrogens with zero attached hydrogens (tertiary/aromatic N) is 4. The number of aryl methyl sites for hydroxylation is 1. The summed E-state index contributed by atoms with van der Waals surface area (Å²) in [6, 6.07) is 16.4. The number of thiazole rings is 1. The fourth-order valence-electron chi connectivity index (χ4n) is 3.11. The molecule has 158 valence electrons. The lowest BCUT2D eigenvalue weighted by molar-refractivity contribution is 0.340. The smallest absolute Gasteiger partial charge is 0.192 e. The zero-order chi connectivity index (χ0) is 21.6. The van der Waals surface area contributed by atoms with Crippen LogP contribution in [0.3, 0.4) is 0 Å². The maximum Gasteiger partial charge on any atom is 0.192 e. The van der Waals surface area contributed by atoms with Gasteiger partial charge >= 0.3 is 0 Å². The molecular weight excluding hydrogens is 424 g/mol. The molecule has 0 aliphatic heterocycles. The molecule has 0 aliphatic rings. The van der Waals surface area contributed by atoms with Crippen LogP contribution in [-0.2, 0) is 12.3 Å². The van der Waals surface area contributed by atoms with Gasteiger partial charge in [0.2, 0.25) is 0 Å². The number of aromatic nitrogens is 4. The van der Waals surface area contributed by atoms with Gasteiger partial charge in [-0.25, -0.2) is 4.98 Å². The van der Waals surface area contributed by atoms with E-state index in [4.69, 9.17) is 9.72 Å². The van der Waals surface area contributed by atoms with Gasteiger partial charge in [0.15, 0.2) is 11.0 Å². The van der Waals surface area contributed by atoms with Crippen molar-refractivity contribution in [2.75, 3.05) is 6.61 Å². The van der Waals surface area contributed by atoms with E-state index in [0.717, 1.165) is 44.3 Å². The summed E-state index contributed by atoms with van der Waals surface area (Å²) in [5, 5.41) is 12.9. The van der Waals surface area contributed by atoms with Crippen LogP contribution in [0.25, 0.3) is 22.0 Å². The first-order chi connectivity index (χ1) is 15.2. The summed E-state index contributed by atoms with van der Waals surface area (Å²) in [6.07, 6.45) is 1.86. The predicted molar refractivity (Wildman–Crippen MR) is 129 cm³/mol. The third-order valence-corrected chi connectivity index (χ3v) is 6.59. The van der Waals surface area contributed by atoms with Gasteiger partial charge < -0.3 is 4.74 Å². The molecule has 0 saturated heterocycles. The van der Waals surface area contributed by atoms with Crippen LogP contribution in [0.15, 0.2) is 71.7 Å². The number of rotatable bonds is 9. The Hall–Kier alpha value is -2.90. The second-order valence-electron chi connectivity index (χ2n) is 6.96. The van der Waals surface area contributed by atoms with Gasteiger partial charge in [0.1, 0.15) is 10.8 Å². The Morgan fingerprint density at radius 2 is 1.81 bits per heavy atom. The van der Waals surface area contributed by atoms with E-state index in [-0.39, 0.29) is 0 Å². The summed E-state index contributed by atoms with van der Waals surface area (Å²) in [5.74, 6) is 2.41. The highest BCUT2D eigenvalue weighted by Crippen LogP contribution is 2.30. The minimum atomic E-state index is 0.642. The molecule has 2 heterocycles. The number of hydrogen-bond donors (Lipinski definition) is 0. The molecule has 0 fully saturated rings. The lowest BCUT2D eigenvalue weighted by Gasteiger charge is -2.08. The molecule has 0 radical (unpaired) electrons. The van der Waals surface area contributed by atoms with Gasteiger partial charge in [0.05, 0.1) is 12.3 Å². The van der Waals surface area contributed by atoms with Crippen LogP contribution in [0.1, 0.15) is 18.2 Å². The van der Waals surface area contributed by atoms with Gasteiger partial charge in [-0.3, -0.25) is 4.57 Å². The van der Waals surface area contributed by atoms with Crippen LogP contribution >= 0.6 is 23.1 Å². The van der Waals surface area contributed by atoms with E-state index < -0.39 is 0 Å². The number of benzene rings is 2. The minimum Gasteiger partial charge on any atom is -0.494 e. The highest BCUT2D eigenvalue weighted by Gasteiger charge is 2.15. The van der Waals surface area contributed by atoms with Crippen molar-refractivity contribution in [1.82, 2.24) is 19.7 Å². The van der Waals surface area contributed by atoms with E-state index >= 15 is 0 Å². The molecule has 0 aliphatic carbocycles. The van der Waals surface area contributed by atoms with E-state index in [1.54, 1.807) is 23.1 Å². The Labute approximate surface area is 190 Å². The molecule has 5 nitrogen and oxygen atoms in total. The predicted octanol–water partition coefficient (Wildman–Crippen LogP) is 6.25. The molecular formula is C24H24N4OS2. The largest absolute Gasteiger partial charge is 0.494 e. The lowest BCUT2D eigenvalue weighted by atomic mass is 10.2. The van der Waals surface area contributed by atoms with E-state index in [1.165, 1.54) is 5.56 Å². The Morgan fingerprint density at radius 1 is 1.06 bits per heavy atom. The van der Waals surface area contributed by atoms with Gasteiger partial charge in [0, 0.05) is 28.8 Å². The maximum absolute atomic E-state index is 5.54. The summed E-state index contributed by atoms with van der Waals surface area (Å²) in [5.41, 5.74) is 4.45. The van der Waals surface area contributed by atoms with E-state index in [2.05, 4.69) is 57.9 Å². The van der Waals surface area contributed by atoms with E-state index in [0.29, 0.717) is 13.2 Å². The Bertz CT molecular complexity index is 1150. The van der Waals surface area contributed by atoms with Crippen LogP contribution in [0.2, 0.25) is 0 Å². The zero-order valence-electron chi connectivity index (χ0n) is 17.6. The third-order valence-electron chi connectivity index (χ3n) is 4.65. The van der Waals surface area contributed by atoms with Crippen molar-refractivity contribution in [2.24, 2.45) is 0 Å². The van der Waals surface area contributed by atoms with Crippen molar-refractivity contribution in [1.29, 1.82) is 0 Å². The van der Waals surface area contributed by atoms with E-state index in [1.807, 2.05) is 37.3 Å². The van der Waals surface area contributed by atoms with Crippen molar-refractivity contribution >= 4 is 23.1 Å². The maximum atomic E-state index is 5.54. The van der Waals surface area contributed by atoms with Gasteiger partial charge in [-0.1, -0.05) is 47.7 Å². The molecule has 0 amide bonds. The van der Waals surface area contributed by atoms with E-state index in [9.17, 15) is 0 Å². The summed E-state index contributed by atoms with van der Waals surface area (Å²) >= 11 is 3.31. The molecule has 0 spiro atoms. The molecule has 4 aromatic rings. The fourth-order valence-corrected chi connectivity index (χ4v) is 4.88. The van der Waals surface area contributed by atoms with Crippen molar-refractivity contribution in [3.8, 4) is 27.7 Å². The van der Waals surface area contributed by atoms with Crippen molar-refractivity contribution in [2.45, 2.75) is 31.3 Å². The molecule has 0 saturated carbocycles. The SMILES string of the molecule is C=CCn1c(SCc2csc(-c3ccc(C)cc3)n2)nnc1-c1ccc(OCC)cc1. The zero-order valence-corrected chi connectivity index (χ0v) is 19.2. The monoisotopic (exact) mass is 448 g/mol. The molecule has 2 aromatic heterocycles. The van der Waals surface area contributed by atoms with Gasteiger partial charge in [0.25, 0.3) is 0 Å². The van der Waals surface area contributed by atoms with Gasteiger partial charge in [-0.15, -0.1) is 28.1 Å². The number of thioether (sulfide) groups is 1. The second kappa shape index (κ2) is 9.94. The molecule has 7 heteroatoms. The number of hydrogen-bond acceptors (Lipinski definition) is 6. The molecule has 4 rings (SSSR count). The highest BCUT2D eigenvalue weighted by molar-refractivity contribution is 7.98. The Balaban J connectivity index is 1.50. The van der Waals surface area contributed by atoms with Crippen LogP contribution in [0.4, 0.5) is 0 Å². The second-order valence-corrected chi connectivity index (χ2v) is 8.76. The van der Waals surface area contributed by atoms with Gasteiger partial charge in [-0.05, 0) is 38.1 Å². The molecule has 0 N–H and O–H groups in total. The van der Waals surface area contributed by atoms with Crippen LogP contribution < -0.4 is 4.74 Å². The molecule has 31 heavy (non-hydrogen) atoms. The lowest BCUT2D eigenvalue weighted by Crippen LogP contribution is -2.01. The average molecular weight is 449 g/mol. The standard InChI is InChI=1S/C24H24N4OS2/c1-4-14-28-22(18-10-12-21(13-11-18)29-5-2)26-27-24(28)31-16-20-15-30-23(25-20)19-8-6-17(3)7-9-19/h4,6-13,15H,1,5,14,16H2,2-3H3. The van der Waals surface area contributed by atoms with Crippen molar-refractivity contribution < 1.29 is 4.74 Å². The summed E-state index contributed by atoms with van der Waals surface area (Å²) in [4.78, 5) is 4.80. The minimum absolute atomic E-state index is 0.642. The molecule has 0 bridgehead atoms. The molecule has 0 atom stereocenters. The highest BCUT2D eigenvalue weighted by atomic mass is 32.2.